The number of primary amides is 1. The number of benzene rings is 1. The lowest BCUT2D eigenvalue weighted by atomic mass is 10.1. The third-order valence-electron chi connectivity index (χ3n) is 2.66. The van der Waals surface area contributed by atoms with Crippen LogP contribution in [0.2, 0.25) is 0 Å². The number of nitrogens with one attached hydrogen (secondary N) is 1. The Morgan fingerprint density at radius 2 is 1.70 bits per heavy atom. The summed E-state index contributed by atoms with van der Waals surface area (Å²) in [5.74, 6) is -2.34. The summed E-state index contributed by atoms with van der Waals surface area (Å²) in [5, 5.41) is 8.98. The van der Waals surface area contributed by atoms with Crippen molar-refractivity contribution in [2.45, 2.75) is 24.8 Å². The number of nitrogens with two attached hydrogens (primary N) is 1. The fourth-order valence-corrected chi connectivity index (χ4v) is 2.84. The molecule has 4 N–H and O–H groups in total. The van der Waals surface area contributed by atoms with E-state index in [0.29, 0.717) is 0 Å². The number of rotatable bonds is 6. The highest BCUT2D eigenvalue weighted by Crippen LogP contribution is 2.13. The Bertz CT molecular complexity index is 607. The first-order valence-corrected chi connectivity index (χ1v) is 7.28. The van der Waals surface area contributed by atoms with Crippen LogP contribution in [-0.4, -0.2) is 31.4 Å². The van der Waals surface area contributed by atoms with Crippen LogP contribution >= 0.6 is 0 Å². The Morgan fingerprint density at radius 3 is 2.05 bits per heavy atom. The standard InChI is InChI=1S/C12H16N2O5S/c1-7(2)10(12(16)17)14-20(18,19)9-5-3-8(4-6-9)11(13)15/h3-7,10,14H,1-2H3,(H2,13,15)(H,16,17)/t10-/m0/s1. The van der Waals surface area contributed by atoms with Gasteiger partial charge in [-0.1, -0.05) is 13.8 Å². The lowest BCUT2D eigenvalue weighted by Crippen LogP contribution is -2.44. The summed E-state index contributed by atoms with van der Waals surface area (Å²) < 4.78 is 26.2. The van der Waals surface area contributed by atoms with Gasteiger partial charge in [0.25, 0.3) is 0 Å². The SMILES string of the molecule is CC(C)[C@H](NS(=O)(=O)c1ccc(C(N)=O)cc1)C(=O)O. The molecule has 7 nitrogen and oxygen atoms in total. The minimum Gasteiger partial charge on any atom is -0.480 e. The molecule has 1 aromatic carbocycles. The molecule has 0 aliphatic heterocycles. The van der Waals surface area contributed by atoms with Gasteiger partial charge >= 0.3 is 5.97 Å². The summed E-state index contributed by atoms with van der Waals surface area (Å²) in [7, 11) is -3.97. The smallest absolute Gasteiger partial charge is 0.322 e. The van der Waals surface area contributed by atoms with Gasteiger partial charge in [0.2, 0.25) is 15.9 Å². The summed E-state index contributed by atoms with van der Waals surface area (Å²) in [5.41, 5.74) is 5.22. The molecule has 20 heavy (non-hydrogen) atoms. The molecule has 8 heteroatoms. The van der Waals surface area contributed by atoms with Gasteiger partial charge in [0.05, 0.1) is 4.90 Å². The van der Waals surface area contributed by atoms with Crippen LogP contribution in [0.3, 0.4) is 0 Å². The maximum absolute atomic E-state index is 12.0. The molecule has 1 amide bonds. The highest BCUT2D eigenvalue weighted by Gasteiger charge is 2.27. The molecule has 0 aliphatic carbocycles. The molecule has 0 spiro atoms. The molecule has 0 aliphatic rings. The van der Waals surface area contributed by atoms with Crippen LogP contribution in [0.15, 0.2) is 29.2 Å². The van der Waals surface area contributed by atoms with Crippen LogP contribution in [0, 0.1) is 5.92 Å². The number of sulfonamides is 1. The second-order valence-corrected chi connectivity index (χ2v) is 6.28. The van der Waals surface area contributed by atoms with E-state index in [0.717, 1.165) is 0 Å². The molecule has 1 rings (SSSR count). The van der Waals surface area contributed by atoms with E-state index in [2.05, 4.69) is 4.72 Å². The van der Waals surface area contributed by atoms with Gasteiger partial charge in [0, 0.05) is 5.56 Å². The van der Waals surface area contributed by atoms with Gasteiger partial charge in [0.15, 0.2) is 0 Å². The van der Waals surface area contributed by atoms with E-state index in [1.807, 2.05) is 0 Å². The number of aliphatic carboxylic acids is 1. The quantitative estimate of drug-likeness (QED) is 0.690. The first-order valence-electron chi connectivity index (χ1n) is 5.80. The minimum atomic E-state index is -3.97. The van der Waals surface area contributed by atoms with E-state index in [1.165, 1.54) is 24.3 Å². The number of carbonyl (C=O) groups is 2. The average molecular weight is 300 g/mol. The topological polar surface area (TPSA) is 127 Å². The van der Waals surface area contributed by atoms with Crippen molar-refractivity contribution < 1.29 is 23.1 Å². The zero-order valence-electron chi connectivity index (χ0n) is 11.0. The zero-order valence-corrected chi connectivity index (χ0v) is 11.8. The molecule has 0 saturated heterocycles. The molecule has 0 bridgehead atoms. The van der Waals surface area contributed by atoms with Crippen LogP contribution in [0.5, 0.6) is 0 Å². The first-order chi connectivity index (χ1) is 9.15. The zero-order chi connectivity index (χ0) is 15.5. The number of carbonyl (C=O) groups excluding carboxylic acids is 1. The third kappa shape index (κ3) is 3.78. The fourth-order valence-electron chi connectivity index (χ4n) is 1.51. The maximum atomic E-state index is 12.0. The van der Waals surface area contributed by atoms with Gasteiger partial charge in [0.1, 0.15) is 6.04 Å². The first kappa shape index (κ1) is 16.1. The summed E-state index contributed by atoms with van der Waals surface area (Å²) in [6, 6.07) is 3.70. The molecule has 1 atom stereocenters. The maximum Gasteiger partial charge on any atom is 0.322 e. The summed E-state index contributed by atoms with van der Waals surface area (Å²) in [6.45, 7) is 3.19. The molecule has 0 fully saturated rings. The van der Waals surface area contributed by atoms with Crippen LogP contribution < -0.4 is 10.5 Å². The van der Waals surface area contributed by atoms with Crippen molar-refractivity contribution in [2.75, 3.05) is 0 Å². The Morgan fingerprint density at radius 1 is 1.20 bits per heavy atom. The predicted octanol–water partition coefficient (Wildman–Crippen LogP) is 0.173. The summed E-state index contributed by atoms with van der Waals surface area (Å²) in [6.07, 6.45) is 0. The molecule has 0 radical (unpaired) electrons. The molecular formula is C12H16N2O5S. The molecule has 0 aromatic heterocycles. The van der Waals surface area contributed by atoms with E-state index in [9.17, 15) is 18.0 Å². The molecule has 110 valence electrons. The highest BCUT2D eigenvalue weighted by molar-refractivity contribution is 7.89. The Labute approximate surface area is 116 Å². The fraction of sp³-hybridized carbons (Fsp3) is 0.333. The van der Waals surface area contributed by atoms with Crippen molar-refractivity contribution in [3.63, 3.8) is 0 Å². The molecular weight excluding hydrogens is 284 g/mol. The lowest BCUT2D eigenvalue weighted by molar-refractivity contribution is -0.140. The second kappa shape index (κ2) is 6.02. The molecule has 0 unspecified atom stereocenters. The van der Waals surface area contributed by atoms with Gasteiger partial charge in [-0.3, -0.25) is 9.59 Å². The number of hydrogen-bond acceptors (Lipinski definition) is 4. The molecule has 1 aromatic rings. The van der Waals surface area contributed by atoms with Crippen molar-refractivity contribution in [1.82, 2.24) is 4.72 Å². The van der Waals surface area contributed by atoms with Crippen LogP contribution in [0.4, 0.5) is 0 Å². The van der Waals surface area contributed by atoms with Gasteiger partial charge in [-0.15, -0.1) is 0 Å². The van der Waals surface area contributed by atoms with E-state index in [4.69, 9.17) is 10.8 Å². The van der Waals surface area contributed by atoms with Gasteiger partial charge in [-0.05, 0) is 30.2 Å². The predicted molar refractivity (Wildman–Crippen MR) is 71.5 cm³/mol. The van der Waals surface area contributed by atoms with Crippen molar-refractivity contribution in [3.8, 4) is 0 Å². The summed E-state index contributed by atoms with van der Waals surface area (Å²) in [4.78, 5) is 21.8. The number of hydrogen-bond donors (Lipinski definition) is 3. The molecule has 0 heterocycles. The normalized spacial score (nSPS) is 13.2. The van der Waals surface area contributed by atoms with E-state index in [-0.39, 0.29) is 10.5 Å². The number of carboxylic acids is 1. The lowest BCUT2D eigenvalue weighted by Gasteiger charge is -2.18. The van der Waals surface area contributed by atoms with Crippen molar-refractivity contribution in [2.24, 2.45) is 11.7 Å². The largest absolute Gasteiger partial charge is 0.480 e. The van der Waals surface area contributed by atoms with Crippen LogP contribution in [0.25, 0.3) is 0 Å². The van der Waals surface area contributed by atoms with Gasteiger partial charge in [-0.25, -0.2) is 8.42 Å². The number of carboxylic acid groups (broad SMARTS) is 1. The average Bonchev–Trinajstić information content (AvgIpc) is 2.35. The van der Waals surface area contributed by atoms with Crippen LogP contribution in [-0.2, 0) is 14.8 Å². The highest BCUT2D eigenvalue weighted by atomic mass is 32.2. The Kier molecular flexibility index (Phi) is 4.85. The molecule has 0 saturated carbocycles. The Hall–Kier alpha value is -1.93. The Balaban J connectivity index is 3.04. The minimum absolute atomic E-state index is 0.130. The van der Waals surface area contributed by atoms with Crippen molar-refractivity contribution in [3.05, 3.63) is 29.8 Å². The van der Waals surface area contributed by atoms with Crippen molar-refractivity contribution in [1.29, 1.82) is 0 Å². The van der Waals surface area contributed by atoms with E-state index < -0.39 is 33.9 Å². The third-order valence-corrected chi connectivity index (χ3v) is 4.12. The number of amides is 1. The van der Waals surface area contributed by atoms with Gasteiger partial charge < -0.3 is 10.8 Å². The summed E-state index contributed by atoms with van der Waals surface area (Å²) >= 11 is 0. The van der Waals surface area contributed by atoms with E-state index in [1.54, 1.807) is 13.8 Å². The second-order valence-electron chi connectivity index (χ2n) is 4.57. The van der Waals surface area contributed by atoms with Crippen molar-refractivity contribution >= 4 is 21.9 Å². The van der Waals surface area contributed by atoms with Crippen LogP contribution in [0.1, 0.15) is 24.2 Å². The monoisotopic (exact) mass is 300 g/mol. The van der Waals surface area contributed by atoms with E-state index >= 15 is 0 Å². The van der Waals surface area contributed by atoms with Gasteiger partial charge in [-0.2, -0.15) is 4.72 Å².